The molecule has 0 radical (unpaired) electrons. The van der Waals surface area contributed by atoms with Crippen LogP contribution in [0.3, 0.4) is 0 Å². The lowest BCUT2D eigenvalue weighted by Gasteiger charge is -2.00. The van der Waals surface area contributed by atoms with Crippen LogP contribution in [0.15, 0.2) is 36.4 Å². The number of hydrogen-bond acceptors (Lipinski definition) is 3. The van der Waals surface area contributed by atoms with Gasteiger partial charge in [-0.15, -0.1) is 11.3 Å². The molecule has 0 bridgehead atoms. The number of nitrogens with one attached hydrogen (secondary N) is 1. The second kappa shape index (κ2) is 4.72. The Hall–Kier alpha value is -1.78. The van der Waals surface area contributed by atoms with Crippen molar-refractivity contribution in [1.82, 2.24) is 4.98 Å². The SMILES string of the molecule is COC(=O)c1cc2[nH]c(-c3ccccc3Cl)cc2s1. The molecule has 96 valence electrons. The van der Waals surface area contributed by atoms with Gasteiger partial charge in [0.05, 0.1) is 17.3 Å². The second-order valence-electron chi connectivity index (χ2n) is 4.04. The van der Waals surface area contributed by atoms with Crippen LogP contribution in [-0.2, 0) is 4.74 Å². The van der Waals surface area contributed by atoms with Crippen molar-refractivity contribution in [2.45, 2.75) is 0 Å². The lowest BCUT2D eigenvalue weighted by molar-refractivity contribution is 0.0606. The van der Waals surface area contributed by atoms with Gasteiger partial charge >= 0.3 is 5.97 Å². The van der Waals surface area contributed by atoms with Crippen molar-refractivity contribution >= 4 is 39.1 Å². The molecule has 0 amide bonds. The number of benzene rings is 1. The summed E-state index contributed by atoms with van der Waals surface area (Å²) >= 11 is 7.57. The average molecular weight is 292 g/mol. The van der Waals surface area contributed by atoms with E-state index in [1.807, 2.05) is 30.3 Å². The first kappa shape index (κ1) is 12.3. The van der Waals surface area contributed by atoms with E-state index in [1.165, 1.54) is 18.4 Å². The molecular formula is C14H10ClNO2S. The number of aromatic nitrogens is 1. The first-order valence-electron chi connectivity index (χ1n) is 5.65. The van der Waals surface area contributed by atoms with E-state index >= 15 is 0 Å². The molecule has 0 fully saturated rings. The summed E-state index contributed by atoms with van der Waals surface area (Å²) in [5.41, 5.74) is 2.82. The van der Waals surface area contributed by atoms with E-state index < -0.39 is 0 Å². The van der Waals surface area contributed by atoms with E-state index in [1.54, 1.807) is 6.07 Å². The van der Waals surface area contributed by atoms with Gasteiger partial charge in [0.25, 0.3) is 0 Å². The molecule has 0 spiro atoms. The minimum absolute atomic E-state index is 0.311. The summed E-state index contributed by atoms with van der Waals surface area (Å²) in [6.07, 6.45) is 0. The summed E-state index contributed by atoms with van der Waals surface area (Å²) in [4.78, 5) is 15.3. The number of methoxy groups -OCH3 is 1. The summed E-state index contributed by atoms with van der Waals surface area (Å²) in [5, 5.41) is 0.699. The van der Waals surface area contributed by atoms with Crippen molar-refractivity contribution in [2.24, 2.45) is 0 Å². The molecule has 0 saturated heterocycles. The quantitative estimate of drug-likeness (QED) is 0.714. The highest BCUT2D eigenvalue weighted by molar-refractivity contribution is 7.20. The Morgan fingerprint density at radius 1 is 1.32 bits per heavy atom. The third-order valence-electron chi connectivity index (χ3n) is 2.86. The van der Waals surface area contributed by atoms with Gasteiger partial charge in [-0.05, 0) is 18.2 Å². The Bertz CT molecular complexity index is 728. The van der Waals surface area contributed by atoms with Crippen molar-refractivity contribution in [3.63, 3.8) is 0 Å². The standard InChI is InChI=1S/C14H10ClNO2S/c1-18-14(17)13-7-11-12(19-13)6-10(16-11)8-4-2-3-5-9(8)15/h2-7,16H,1H3. The molecule has 0 unspecified atom stereocenters. The number of carbonyl (C=O) groups is 1. The van der Waals surface area contributed by atoms with E-state index in [4.69, 9.17) is 16.3 Å². The monoisotopic (exact) mass is 291 g/mol. The van der Waals surface area contributed by atoms with Crippen LogP contribution >= 0.6 is 22.9 Å². The molecule has 2 aromatic heterocycles. The number of esters is 1. The third kappa shape index (κ3) is 2.13. The second-order valence-corrected chi connectivity index (χ2v) is 5.53. The van der Waals surface area contributed by atoms with Gasteiger partial charge in [0.1, 0.15) is 4.88 Å². The van der Waals surface area contributed by atoms with Crippen LogP contribution in [-0.4, -0.2) is 18.1 Å². The van der Waals surface area contributed by atoms with Gasteiger partial charge in [0.15, 0.2) is 0 Å². The van der Waals surface area contributed by atoms with Crippen molar-refractivity contribution in [1.29, 1.82) is 0 Å². The van der Waals surface area contributed by atoms with E-state index in [0.29, 0.717) is 9.90 Å². The Labute approximate surface area is 118 Å². The fraction of sp³-hybridized carbons (Fsp3) is 0.0714. The highest BCUT2D eigenvalue weighted by atomic mass is 35.5. The largest absolute Gasteiger partial charge is 0.465 e. The van der Waals surface area contributed by atoms with E-state index in [9.17, 15) is 4.79 Å². The Balaban J connectivity index is 2.07. The molecular weight excluding hydrogens is 282 g/mol. The van der Waals surface area contributed by atoms with Crippen LogP contribution < -0.4 is 0 Å². The molecule has 1 aromatic carbocycles. The normalized spacial score (nSPS) is 10.8. The molecule has 0 aliphatic carbocycles. The number of aromatic amines is 1. The zero-order valence-electron chi connectivity index (χ0n) is 10.1. The molecule has 2 heterocycles. The summed E-state index contributed by atoms with van der Waals surface area (Å²) in [5.74, 6) is -0.311. The van der Waals surface area contributed by atoms with Crippen LogP contribution in [0, 0.1) is 0 Å². The molecule has 0 aliphatic rings. The lowest BCUT2D eigenvalue weighted by Crippen LogP contribution is -1.96. The number of halogens is 1. The fourth-order valence-corrected chi connectivity index (χ4v) is 3.16. The minimum atomic E-state index is -0.311. The highest BCUT2D eigenvalue weighted by Crippen LogP contribution is 2.33. The number of carbonyl (C=O) groups excluding carboxylic acids is 1. The summed E-state index contributed by atoms with van der Waals surface area (Å²) in [7, 11) is 1.38. The van der Waals surface area contributed by atoms with E-state index in [0.717, 1.165) is 21.5 Å². The Kier molecular flexibility index (Phi) is 3.05. The van der Waals surface area contributed by atoms with E-state index in [2.05, 4.69) is 4.98 Å². The van der Waals surface area contributed by atoms with Crippen LogP contribution in [0.4, 0.5) is 0 Å². The summed E-state index contributed by atoms with van der Waals surface area (Å²) < 4.78 is 5.72. The number of ether oxygens (including phenoxy) is 1. The average Bonchev–Trinajstić information content (AvgIpc) is 2.96. The van der Waals surface area contributed by atoms with Gasteiger partial charge in [-0.3, -0.25) is 0 Å². The van der Waals surface area contributed by atoms with Crippen molar-refractivity contribution in [2.75, 3.05) is 7.11 Å². The molecule has 0 saturated carbocycles. The number of rotatable bonds is 2. The lowest BCUT2D eigenvalue weighted by atomic mass is 10.2. The van der Waals surface area contributed by atoms with Gasteiger partial charge in [-0.1, -0.05) is 29.8 Å². The van der Waals surface area contributed by atoms with Gasteiger partial charge in [0.2, 0.25) is 0 Å². The van der Waals surface area contributed by atoms with Crippen LogP contribution in [0.25, 0.3) is 21.5 Å². The number of fused-ring (bicyclic) bond motifs is 1. The maximum Gasteiger partial charge on any atom is 0.348 e. The van der Waals surface area contributed by atoms with Crippen molar-refractivity contribution in [3.8, 4) is 11.3 Å². The molecule has 5 heteroatoms. The smallest absolute Gasteiger partial charge is 0.348 e. The van der Waals surface area contributed by atoms with Crippen molar-refractivity contribution < 1.29 is 9.53 Å². The number of thiophene rings is 1. The Morgan fingerprint density at radius 3 is 2.79 bits per heavy atom. The molecule has 19 heavy (non-hydrogen) atoms. The van der Waals surface area contributed by atoms with Gasteiger partial charge in [-0.2, -0.15) is 0 Å². The predicted molar refractivity (Wildman–Crippen MR) is 78.0 cm³/mol. The number of H-pyrrole nitrogens is 1. The molecule has 3 nitrogen and oxygen atoms in total. The molecule has 0 aliphatic heterocycles. The molecule has 3 aromatic rings. The summed E-state index contributed by atoms with van der Waals surface area (Å²) in [6.45, 7) is 0. The van der Waals surface area contributed by atoms with Gasteiger partial charge in [0, 0.05) is 16.3 Å². The summed E-state index contributed by atoms with van der Waals surface area (Å²) in [6, 6.07) is 11.4. The zero-order valence-corrected chi connectivity index (χ0v) is 11.6. The Morgan fingerprint density at radius 2 is 2.11 bits per heavy atom. The predicted octanol–water partition coefficient (Wildman–Crippen LogP) is 4.34. The fourth-order valence-electron chi connectivity index (χ4n) is 1.95. The van der Waals surface area contributed by atoms with Crippen LogP contribution in [0.2, 0.25) is 5.02 Å². The first-order valence-corrected chi connectivity index (χ1v) is 6.84. The topological polar surface area (TPSA) is 42.1 Å². The molecule has 3 rings (SSSR count). The minimum Gasteiger partial charge on any atom is -0.465 e. The first-order chi connectivity index (χ1) is 9.19. The van der Waals surface area contributed by atoms with Gasteiger partial charge in [-0.25, -0.2) is 4.79 Å². The zero-order chi connectivity index (χ0) is 13.4. The molecule has 0 atom stereocenters. The maximum atomic E-state index is 11.4. The third-order valence-corrected chi connectivity index (χ3v) is 4.25. The maximum absolute atomic E-state index is 11.4. The van der Waals surface area contributed by atoms with Crippen LogP contribution in [0.5, 0.6) is 0 Å². The van der Waals surface area contributed by atoms with Crippen molar-refractivity contribution in [3.05, 3.63) is 46.3 Å². The van der Waals surface area contributed by atoms with Gasteiger partial charge < -0.3 is 9.72 Å². The number of hydrogen-bond donors (Lipinski definition) is 1. The van der Waals surface area contributed by atoms with E-state index in [-0.39, 0.29) is 5.97 Å². The molecule has 1 N–H and O–H groups in total. The van der Waals surface area contributed by atoms with Crippen LogP contribution in [0.1, 0.15) is 9.67 Å². The highest BCUT2D eigenvalue weighted by Gasteiger charge is 2.13.